The molecule has 0 amide bonds. The first kappa shape index (κ1) is 12.2. The van der Waals surface area contributed by atoms with Gasteiger partial charge in [0.15, 0.2) is 0 Å². The molecule has 0 radical (unpaired) electrons. The molecular formula is C13H16BrN3. The summed E-state index contributed by atoms with van der Waals surface area (Å²) in [7, 11) is 1.93. The van der Waals surface area contributed by atoms with Crippen molar-refractivity contribution in [1.82, 2.24) is 9.78 Å². The number of anilines is 1. The molecule has 0 fully saturated rings. The van der Waals surface area contributed by atoms with Gasteiger partial charge in [0.25, 0.3) is 0 Å². The van der Waals surface area contributed by atoms with Gasteiger partial charge in [0.1, 0.15) is 0 Å². The monoisotopic (exact) mass is 293 g/mol. The molecule has 90 valence electrons. The second-order valence-corrected chi connectivity index (χ2v) is 5.13. The number of hydrogen-bond acceptors (Lipinski definition) is 2. The Morgan fingerprint density at radius 2 is 2.18 bits per heavy atom. The Bertz CT molecular complexity index is 519. The minimum Gasteiger partial charge on any atom is -0.378 e. The molecule has 1 unspecified atom stereocenters. The second-order valence-electron chi connectivity index (χ2n) is 4.28. The Labute approximate surface area is 110 Å². The van der Waals surface area contributed by atoms with E-state index in [9.17, 15) is 0 Å². The van der Waals surface area contributed by atoms with Crippen LogP contribution in [0.2, 0.25) is 0 Å². The lowest BCUT2D eigenvalue weighted by atomic mass is 10.1. The van der Waals surface area contributed by atoms with E-state index in [4.69, 9.17) is 0 Å². The molecule has 0 aliphatic rings. The molecule has 0 aliphatic heterocycles. The number of halogens is 1. The summed E-state index contributed by atoms with van der Waals surface area (Å²) in [5, 5.41) is 7.65. The molecule has 1 heterocycles. The number of hydrogen-bond donors (Lipinski definition) is 1. The SMILES string of the molecule is Cc1cc(NC(C)c2cnn(C)c2)ccc1Br. The van der Waals surface area contributed by atoms with Gasteiger partial charge in [-0.1, -0.05) is 15.9 Å². The minimum atomic E-state index is 0.254. The molecule has 1 aromatic heterocycles. The van der Waals surface area contributed by atoms with Gasteiger partial charge < -0.3 is 5.32 Å². The number of rotatable bonds is 3. The van der Waals surface area contributed by atoms with Gasteiger partial charge in [-0.3, -0.25) is 4.68 Å². The van der Waals surface area contributed by atoms with Gasteiger partial charge in [-0.25, -0.2) is 0 Å². The van der Waals surface area contributed by atoms with Gasteiger partial charge in [-0.15, -0.1) is 0 Å². The first-order valence-electron chi connectivity index (χ1n) is 5.57. The van der Waals surface area contributed by atoms with Crippen LogP contribution in [0, 0.1) is 6.92 Å². The van der Waals surface area contributed by atoms with E-state index in [-0.39, 0.29) is 6.04 Å². The molecule has 0 bridgehead atoms. The summed E-state index contributed by atoms with van der Waals surface area (Å²) in [5.41, 5.74) is 3.54. The highest BCUT2D eigenvalue weighted by Crippen LogP contribution is 2.23. The lowest BCUT2D eigenvalue weighted by Gasteiger charge is -2.14. The maximum Gasteiger partial charge on any atom is 0.0542 e. The van der Waals surface area contributed by atoms with E-state index in [1.54, 1.807) is 0 Å². The molecule has 0 saturated carbocycles. The van der Waals surface area contributed by atoms with Gasteiger partial charge in [0, 0.05) is 29.0 Å². The lowest BCUT2D eigenvalue weighted by molar-refractivity contribution is 0.765. The third-order valence-corrected chi connectivity index (χ3v) is 3.66. The largest absolute Gasteiger partial charge is 0.378 e. The number of benzene rings is 1. The van der Waals surface area contributed by atoms with Crippen molar-refractivity contribution in [3.05, 3.63) is 46.2 Å². The summed E-state index contributed by atoms with van der Waals surface area (Å²) >= 11 is 3.50. The lowest BCUT2D eigenvalue weighted by Crippen LogP contribution is -2.05. The van der Waals surface area contributed by atoms with E-state index in [0.29, 0.717) is 0 Å². The van der Waals surface area contributed by atoms with E-state index in [0.717, 1.165) is 10.2 Å². The third-order valence-electron chi connectivity index (χ3n) is 2.77. The van der Waals surface area contributed by atoms with Gasteiger partial charge in [-0.2, -0.15) is 5.10 Å². The molecule has 4 heteroatoms. The van der Waals surface area contributed by atoms with E-state index in [2.05, 4.69) is 58.4 Å². The quantitative estimate of drug-likeness (QED) is 0.936. The Morgan fingerprint density at radius 3 is 2.76 bits per heavy atom. The molecule has 1 atom stereocenters. The standard InChI is InChI=1S/C13H16BrN3/c1-9-6-12(4-5-13(9)14)16-10(2)11-7-15-17(3)8-11/h4-8,10,16H,1-3H3. The van der Waals surface area contributed by atoms with Crippen LogP contribution in [0.3, 0.4) is 0 Å². The van der Waals surface area contributed by atoms with Crippen molar-refractivity contribution >= 4 is 21.6 Å². The van der Waals surface area contributed by atoms with Crippen molar-refractivity contribution in [2.24, 2.45) is 7.05 Å². The van der Waals surface area contributed by atoms with Crippen LogP contribution in [0.25, 0.3) is 0 Å². The topological polar surface area (TPSA) is 29.9 Å². The van der Waals surface area contributed by atoms with Gasteiger partial charge in [0.05, 0.1) is 12.2 Å². The molecule has 2 rings (SSSR count). The number of aryl methyl sites for hydroxylation is 2. The number of aromatic nitrogens is 2. The molecule has 2 aromatic rings. The predicted octanol–water partition coefficient (Wildman–Crippen LogP) is 3.66. The van der Waals surface area contributed by atoms with Crippen LogP contribution in [-0.2, 0) is 7.05 Å². The minimum absolute atomic E-state index is 0.254. The fourth-order valence-corrected chi connectivity index (χ4v) is 1.98. The van der Waals surface area contributed by atoms with Gasteiger partial charge >= 0.3 is 0 Å². The molecular weight excluding hydrogens is 278 g/mol. The first-order chi connectivity index (χ1) is 8.06. The van der Waals surface area contributed by atoms with Crippen molar-refractivity contribution in [1.29, 1.82) is 0 Å². The second kappa shape index (κ2) is 4.92. The van der Waals surface area contributed by atoms with E-state index < -0.39 is 0 Å². The van der Waals surface area contributed by atoms with E-state index in [1.165, 1.54) is 11.1 Å². The maximum atomic E-state index is 4.18. The van der Waals surface area contributed by atoms with Crippen LogP contribution in [0.1, 0.15) is 24.1 Å². The zero-order valence-corrected chi connectivity index (χ0v) is 11.8. The van der Waals surface area contributed by atoms with E-state index in [1.807, 2.05) is 24.1 Å². The summed E-state index contributed by atoms with van der Waals surface area (Å²) < 4.78 is 2.96. The van der Waals surface area contributed by atoms with Crippen LogP contribution in [-0.4, -0.2) is 9.78 Å². The van der Waals surface area contributed by atoms with Gasteiger partial charge in [0.2, 0.25) is 0 Å². The van der Waals surface area contributed by atoms with Gasteiger partial charge in [-0.05, 0) is 37.6 Å². The fourth-order valence-electron chi connectivity index (χ4n) is 1.73. The highest BCUT2D eigenvalue weighted by Gasteiger charge is 2.07. The molecule has 1 aromatic carbocycles. The Hall–Kier alpha value is -1.29. The summed E-state index contributed by atoms with van der Waals surface area (Å²) in [6.45, 7) is 4.22. The number of nitrogens with zero attached hydrogens (tertiary/aromatic N) is 2. The highest BCUT2D eigenvalue weighted by atomic mass is 79.9. The molecule has 0 saturated heterocycles. The average molecular weight is 294 g/mol. The van der Waals surface area contributed by atoms with Crippen molar-refractivity contribution in [3.63, 3.8) is 0 Å². The molecule has 0 aliphatic carbocycles. The zero-order valence-electron chi connectivity index (χ0n) is 10.2. The van der Waals surface area contributed by atoms with Crippen LogP contribution in [0.5, 0.6) is 0 Å². The molecule has 17 heavy (non-hydrogen) atoms. The Morgan fingerprint density at radius 1 is 1.41 bits per heavy atom. The fraction of sp³-hybridized carbons (Fsp3) is 0.308. The third kappa shape index (κ3) is 2.88. The average Bonchev–Trinajstić information content (AvgIpc) is 2.70. The summed E-state index contributed by atoms with van der Waals surface area (Å²) in [5.74, 6) is 0. The summed E-state index contributed by atoms with van der Waals surface area (Å²) in [4.78, 5) is 0. The molecule has 0 spiro atoms. The predicted molar refractivity (Wildman–Crippen MR) is 74.1 cm³/mol. The van der Waals surface area contributed by atoms with Crippen molar-refractivity contribution < 1.29 is 0 Å². The molecule has 1 N–H and O–H groups in total. The van der Waals surface area contributed by atoms with E-state index >= 15 is 0 Å². The first-order valence-corrected chi connectivity index (χ1v) is 6.37. The van der Waals surface area contributed by atoms with Crippen LogP contribution in [0.4, 0.5) is 5.69 Å². The normalized spacial score (nSPS) is 12.5. The summed E-state index contributed by atoms with van der Waals surface area (Å²) in [6.07, 6.45) is 3.92. The van der Waals surface area contributed by atoms with Crippen molar-refractivity contribution in [2.45, 2.75) is 19.9 Å². The highest BCUT2D eigenvalue weighted by molar-refractivity contribution is 9.10. The molecule has 3 nitrogen and oxygen atoms in total. The van der Waals surface area contributed by atoms with Crippen molar-refractivity contribution in [2.75, 3.05) is 5.32 Å². The zero-order chi connectivity index (χ0) is 12.4. The Kier molecular flexibility index (Phi) is 3.52. The number of nitrogens with one attached hydrogen (secondary N) is 1. The smallest absolute Gasteiger partial charge is 0.0542 e. The maximum absolute atomic E-state index is 4.18. The van der Waals surface area contributed by atoms with Crippen molar-refractivity contribution in [3.8, 4) is 0 Å². The van der Waals surface area contributed by atoms with Crippen LogP contribution >= 0.6 is 15.9 Å². The van der Waals surface area contributed by atoms with Crippen LogP contribution < -0.4 is 5.32 Å². The Balaban J connectivity index is 2.12. The van der Waals surface area contributed by atoms with Crippen LogP contribution in [0.15, 0.2) is 35.1 Å². The summed E-state index contributed by atoms with van der Waals surface area (Å²) in [6, 6.07) is 6.53.